The van der Waals surface area contributed by atoms with E-state index in [1.165, 1.54) is 7.11 Å². The zero-order valence-electron chi connectivity index (χ0n) is 13.9. The van der Waals surface area contributed by atoms with E-state index in [2.05, 4.69) is 4.74 Å². The third-order valence-corrected chi connectivity index (χ3v) is 3.94. The predicted molar refractivity (Wildman–Crippen MR) is 90.4 cm³/mol. The Morgan fingerprint density at radius 1 is 1.08 bits per heavy atom. The number of methoxy groups -OCH3 is 1. The summed E-state index contributed by atoms with van der Waals surface area (Å²) >= 11 is 0. The van der Waals surface area contributed by atoms with Gasteiger partial charge in [-0.1, -0.05) is 30.3 Å². The summed E-state index contributed by atoms with van der Waals surface area (Å²) in [5.41, 5.74) is 1.48. The number of benzene rings is 2. The normalized spacial score (nSPS) is 11.9. The molecule has 6 nitrogen and oxygen atoms in total. The summed E-state index contributed by atoms with van der Waals surface area (Å²) in [6.45, 7) is 0.836. The van der Waals surface area contributed by atoms with Gasteiger partial charge >= 0.3 is 5.97 Å². The summed E-state index contributed by atoms with van der Waals surface area (Å²) in [7, 11) is 1.34. The highest BCUT2D eigenvalue weighted by molar-refractivity contribution is 5.95. The van der Waals surface area contributed by atoms with Crippen LogP contribution >= 0.6 is 0 Å². The van der Waals surface area contributed by atoms with Crippen molar-refractivity contribution < 1.29 is 23.8 Å². The average molecular weight is 341 g/mol. The minimum Gasteiger partial charge on any atom is -0.469 e. The second kappa shape index (κ2) is 7.70. The molecule has 25 heavy (non-hydrogen) atoms. The van der Waals surface area contributed by atoms with Crippen LogP contribution in [-0.4, -0.2) is 37.2 Å². The van der Waals surface area contributed by atoms with Gasteiger partial charge in [0.15, 0.2) is 11.5 Å². The second-order valence-electron chi connectivity index (χ2n) is 5.61. The lowest BCUT2D eigenvalue weighted by Crippen LogP contribution is -2.32. The Kier molecular flexibility index (Phi) is 5.18. The maximum Gasteiger partial charge on any atom is 0.307 e. The quantitative estimate of drug-likeness (QED) is 0.756. The van der Waals surface area contributed by atoms with Crippen LogP contribution in [0.15, 0.2) is 48.5 Å². The number of rotatable bonds is 6. The lowest BCUT2D eigenvalue weighted by atomic mass is 10.1. The van der Waals surface area contributed by atoms with Gasteiger partial charge in [-0.05, 0) is 23.8 Å². The molecule has 0 spiro atoms. The molecule has 3 rings (SSSR count). The van der Waals surface area contributed by atoms with Gasteiger partial charge in [0.2, 0.25) is 6.79 Å². The first-order valence-corrected chi connectivity index (χ1v) is 7.97. The van der Waals surface area contributed by atoms with Crippen molar-refractivity contribution in [2.45, 2.75) is 13.0 Å². The van der Waals surface area contributed by atoms with Gasteiger partial charge in [-0.25, -0.2) is 0 Å². The maximum absolute atomic E-state index is 12.9. The van der Waals surface area contributed by atoms with E-state index in [0.717, 1.165) is 5.56 Å². The monoisotopic (exact) mass is 341 g/mol. The standard InChI is InChI=1S/C19H19NO5/c1-23-18(21)9-10-20(12-14-5-3-2-4-6-14)19(22)15-7-8-16-17(11-15)25-13-24-16/h2-8,11H,9-10,12-13H2,1H3. The van der Waals surface area contributed by atoms with Crippen LogP contribution in [0.2, 0.25) is 0 Å². The summed E-state index contributed by atoms with van der Waals surface area (Å²) < 4.78 is 15.3. The molecule has 2 aromatic carbocycles. The van der Waals surface area contributed by atoms with Gasteiger partial charge < -0.3 is 19.1 Å². The number of amides is 1. The van der Waals surface area contributed by atoms with E-state index in [1.54, 1.807) is 23.1 Å². The molecular weight excluding hydrogens is 322 g/mol. The van der Waals surface area contributed by atoms with Crippen LogP contribution in [0.5, 0.6) is 11.5 Å². The van der Waals surface area contributed by atoms with Gasteiger partial charge in [0.25, 0.3) is 5.91 Å². The molecule has 130 valence electrons. The van der Waals surface area contributed by atoms with Crippen LogP contribution in [0.25, 0.3) is 0 Å². The summed E-state index contributed by atoms with van der Waals surface area (Å²) in [4.78, 5) is 26.0. The fourth-order valence-corrected chi connectivity index (χ4v) is 2.60. The Morgan fingerprint density at radius 3 is 2.60 bits per heavy atom. The van der Waals surface area contributed by atoms with Crippen LogP contribution in [0.4, 0.5) is 0 Å². The van der Waals surface area contributed by atoms with Crippen molar-refractivity contribution in [3.05, 3.63) is 59.7 Å². The van der Waals surface area contributed by atoms with Crippen LogP contribution in [0.1, 0.15) is 22.3 Å². The summed E-state index contributed by atoms with van der Waals surface area (Å²) in [5, 5.41) is 0. The van der Waals surface area contributed by atoms with Crippen molar-refractivity contribution in [2.24, 2.45) is 0 Å². The first-order chi connectivity index (χ1) is 12.2. The third-order valence-electron chi connectivity index (χ3n) is 3.94. The highest BCUT2D eigenvalue weighted by atomic mass is 16.7. The molecule has 6 heteroatoms. The lowest BCUT2D eigenvalue weighted by molar-refractivity contribution is -0.140. The number of esters is 1. The van der Waals surface area contributed by atoms with Gasteiger partial charge in [-0.15, -0.1) is 0 Å². The number of hydrogen-bond acceptors (Lipinski definition) is 5. The predicted octanol–water partition coefficient (Wildman–Crippen LogP) is 2.62. The molecule has 0 aromatic heterocycles. The van der Waals surface area contributed by atoms with Crippen LogP contribution < -0.4 is 9.47 Å². The molecule has 0 saturated carbocycles. The van der Waals surface area contributed by atoms with E-state index in [1.807, 2.05) is 30.3 Å². The number of nitrogens with zero attached hydrogens (tertiary/aromatic N) is 1. The number of ether oxygens (including phenoxy) is 3. The van der Waals surface area contributed by atoms with E-state index in [9.17, 15) is 9.59 Å². The molecule has 0 unspecified atom stereocenters. The zero-order chi connectivity index (χ0) is 17.6. The molecule has 2 aromatic rings. The average Bonchev–Trinajstić information content (AvgIpc) is 3.12. The number of fused-ring (bicyclic) bond motifs is 1. The Balaban J connectivity index is 1.79. The molecular formula is C19H19NO5. The molecule has 0 radical (unpaired) electrons. The summed E-state index contributed by atoms with van der Waals surface area (Å²) in [6, 6.07) is 14.7. The van der Waals surface area contributed by atoms with Crippen molar-refractivity contribution in [1.29, 1.82) is 0 Å². The van der Waals surface area contributed by atoms with Gasteiger partial charge in [0, 0.05) is 18.7 Å². The Bertz CT molecular complexity index is 760. The largest absolute Gasteiger partial charge is 0.469 e. The van der Waals surface area contributed by atoms with E-state index in [4.69, 9.17) is 9.47 Å². The van der Waals surface area contributed by atoms with E-state index < -0.39 is 0 Å². The first-order valence-electron chi connectivity index (χ1n) is 7.97. The molecule has 1 heterocycles. The molecule has 0 bridgehead atoms. The molecule has 1 aliphatic rings. The minimum atomic E-state index is -0.350. The van der Waals surface area contributed by atoms with Crippen LogP contribution in [-0.2, 0) is 16.1 Å². The summed E-state index contributed by atoms with van der Waals surface area (Å²) in [5.74, 6) is 0.654. The highest BCUT2D eigenvalue weighted by Gasteiger charge is 2.21. The van der Waals surface area contributed by atoms with Gasteiger partial charge in [-0.3, -0.25) is 9.59 Å². The number of carbonyl (C=O) groups is 2. The third kappa shape index (κ3) is 4.09. The molecule has 1 aliphatic heterocycles. The Labute approximate surface area is 145 Å². The van der Waals surface area contributed by atoms with Crippen LogP contribution in [0.3, 0.4) is 0 Å². The van der Waals surface area contributed by atoms with E-state index >= 15 is 0 Å². The second-order valence-corrected chi connectivity index (χ2v) is 5.61. The van der Waals surface area contributed by atoms with Crippen molar-refractivity contribution in [2.75, 3.05) is 20.4 Å². The molecule has 0 saturated heterocycles. The molecule has 0 aliphatic carbocycles. The van der Waals surface area contributed by atoms with E-state index in [0.29, 0.717) is 23.6 Å². The molecule has 0 fully saturated rings. The van der Waals surface area contributed by atoms with Crippen molar-refractivity contribution in [3.63, 3.8) is 0 Å². The number of carbonyl (C=O) groups excluding carboxylic acids is 2. The van der Waals surface area contributed by atoms with Crippen molar-refractivity contribution in [1.82, 2.24) is 4.90 Å². The molecule has 0 atom stereocenters. The zero-order valence-corrected chi connectivity index (χ0v) is 13.9. The van der Waals surface area contributed by atoms with Crippen molar-refractivity contribution >= 4 is 11.9 Å². The maximum atomic E-state index is 12.9. The summed E-state index contributed by atoms with van der Waals surface area (Å²) in [6.07, 6.45) is 0.139. The van der Waals surface area contributed by atoms with Gasteiger partial charge in [0.05, 0.1) is 13.5 Å². The van der Waals surface area contributed by atoms with Crippen LogP contribution in [0, 0.1) is 0 Å². The van der Waals surface area contributed by atoms with E-state index in [-0.39, 0.29) is 31.6 Å². The lowest BCUT2D eigenvalue weighted by Gasteiger charge is -2.22. The molecule has 1 amide bonds. The highest BCUT2D eigenvalue weighted by Crippen LogP contribution is 2.32. The topological polar surface area (TPSA) is 65.1 Å². The smallest absolute Gasteiger partial charge is 0.307 e. The Morgan fingerprint density at radius 2 is 1.84 bits per heavy atom. The first kappa shape index (κ1) is 16.8. The fraction of sp³-hybridized carbons (Fsp3) is 0.263. The minimum absolute atomic E-state index is 0.139. The van der Waals surface area contributed by atoms with Gasteiger partial charge in [0.1, 0.15) is 0 Å². The number of hydrogen-bond donors (Lipinski definition) is 0. The molecule has 0 N–H and O–H groups in total. The van der Waals surface area contributed by atoms with Gasteiger partial charge in [-0.2, -0.15) is 0 Å². The fourth-order valence-electron chi connectivity index (χ4n) is 2.60. The SMILES string of the molecule is COC(=O)CCN(Cc1ccccc1)C(=O)c1ccc2c(c1)OCO2. The Hall–Kier alpha value is -3.02. The van der Waals surface area contributed by atoms with Crippen molar-refractivity contribution in [3.8, 4) is 11.5 Å².